The molecule has 0 bridgehead atoms. The fourth-order valence-electron chi connectivity index (χ4n) is 2.06. The van der Waals surface area contributed by atoms with Gasteiger partial charge in [-0.25, -0.2) is 4.79 Å². The second-order valence-electron chi connectivity index (χ2n) is 4.46. The molecule has 106 valence electrons. The Morgan fingerprint density at radius 1 is 1.47 bits per heavy atom. The summed E-state index contributed by atoms with van der Waals surface area (Å²) in [7, 11) is -4.27. The number of hydrogen-bond acceptors (Lipinski definition) is 6. The Morgan fingerprint density at radius 2 is 2.21 bits per heavy atom. The SMILES string of the molecule is O=c1ccn([C@H]2CC[C@@H](CC[P+]([O-])([O-])O)O2)c(=O)[nH]1. The highest BCUT2D eigenvalue weighted by molar-refractivity contribution is 7.55. The van der Waals surface area contributed by atoms with Crippen LogP contribution in [0.1, 0.15) is 25.5 Å². The maximum atomic E-state index is 11.5. The van der Waals surface area contributed by atoms with Gasteiger partial charge in [-0.3, -0.25) is 19.2 Å². The molecule has 1 aliphatic rings. The molecule has 0 saturated carbocycles. The van der Waals surface area contributed by atoms with Crippen LogP contribution in [-0.4, -0.2) is 26.7 Å². The van der Waals surface area contributed by atoms with Gasteiger partial charge in [0.25, 0.3) is 5.56 Å². The molecular formula is C10H14N2O6P-. The lowest BCUT2D eigenvalue weighted by Gasteiger charge is -2.28. The van der Waals surface area contributed by atoms with Crippen molar-refractivity contribution in [3.63, 3.8) is 0 Å². The van der Waals surface area contributed by atoms with E-state index in [9.17, 15) is 19.4 Å². The highest BCUT2D eigenvalue weighted by Gasteiger charge is 2.28. The van der Waals surface area contributed by atoms with Gasteiger partial charge < -0.3 is 14.5 Å². The minimum atomic E-state index is -4.27. The van der Waals surface area contributed by atoms with Crippen molar-refractivity contribution in [2.24, 2.45) is 0 Å². The van der Waals surface area contributed by atoms with Crippen LogP contribution >= 0.6 is 7.94 Å². The molecule has 0 radical (unpaired) electrons. The maximum Gasteiger partial charge on any atom is 0.330 e. The first kappa shape index (κ1) is 14.4. The monoisotopic (exact) mass is 289 g/mol. The van der Waals surface area contributed by atoms with Crippen LogP contribution in [0.4, 0.5) is 0 Å². The van der Waals surface area contributed by atoms with Crippen molar-refractivity contribution in [1.29, 1.82) is 0 Å². The lowest BCUT2D eigenvalue weighted by atomic mass is 10.2. The highest BCUT2D eigenvalue weighted by atomic mass is 31.2. The molecule has 2 N–H and O–H groups in total. The van der Waals surface area contributed by atoms with Crippen LogP contribution in [0.25, 0.3) is 0 Å². The van der Waals surface area contributed by atoms with E-state index in [0.717, 1.165) is 0 Å². The molecule has 0 aliphatic carbocycles. The Bertz CT molecular complexity index is 548. The smallest absolute Gasteiger partial charge is 0.330 e. The largest absolute Gasteiger partial charge is 0.660 e. The molecule has 1 saturated heterocycles. The Labute approximate surface area is 108 Å². The van der Waals surface area contributed by atoms with Crippen LogP contribution in [-0.2, 0) is 4.74 Å². The van der Waals surface area contributed by atoms with E-state index in [0.29, 0.717) is 12.8 Å². The minimum absolute atomic E-state index is 0.186. The minimum Gasteiger partial charge on any atom is -0.660 e. The van der Waals surface area contributed by atoms with Crippen LogP contribution in [0, 0.1) is 0 Å². The van der Waals surface area contributed by atoms with Crippen LogP contribution in [0.2, 0.25) is 0 Å². The molecule has 19 heavy (non-hydrogen) atoms. The topological polar surface area (TPSA) is 130 Å². The first-order valence-corrected chi connectivity index (χ1v) is 7.61. The number of nitrogens with one attached hydrogen (secondary N) is 1. The second-order valence-corrected chi connectivity index (χ2v) is 6.18. The molecular weight excluding hydrogens is 275 g/mol. The van der Waals surface area contributed by atoms with Gasteiger partial charge in [0, 0.05) is 26.6 Å². The summed E-state index contributed by atoms with van der Waals surface area (Å²) in [5.41, 5.74) is -1.04. The summed E-state index contributed by atoms with van der Waals surface area (Å²) in [5.74, 6) is 0. The van der Waals surface area contributed by atoms with Gasteiger partial charge in [-0.2, -0.15) is 0 Å². The first-order chi connectivity index (χ1) is 8.85. The first-order valence-electron chi connectivity index (χ1n) is 5.85. The van der Waals surface area contributed by atoms with Gasteiger partial charge in [0.1, 0.15) is 6.23 Å². The number of nitrogens with zero attached hydrogens (tertiary/aromatic N) is 1. The van der Waals surface area contributed by atoms with E-state index in [1.54, 1.807) is 0 Å². The quantitative estimate of drug-likeness (QED) is 0.621. The number of rotatable bonds is 4. The zero-order valence-electron chi connectivity index (χ0n) is 10.0. The molecule has 1 aromatic rings. The Morgan fingerprint density at radius 3 is 2.84 bits per heavy atom. The standard InChI is InChI=1S/C10H15N2O6P/c13-8-3-5-12(10(14)11-8)9-2-1-7(18-9)4-6-19(15,16)17/h3,5,7,9H,1-2,4,6H2,(H,11,13,14)(H2,15,16,17)/p-1/t7-,9+/m0/s1. The molecule has 9 heteroatoms. The number of aromatic amines is 1. The third kappa shape index (κ3) is 3.95. The summed E-state index contributed by atoms with van der Waals surface area (Å²) in [5, 5.41) is 0. The molecule has 1 aliphatic heterocycles. The predicted octanol–water partition coefficient (Wildman–Crippen LogP) is -1.92. The number of aromatic nitrogens is 2. The molecule has 1 aromatic heterocycles. The third-order valence-corrected chi connectivity index (χ3v) is 3.80. The molecule has 0 unspecified atom stereocenters. The number of H-pyrrole nitrogens is 1. The van der Waals surface area contributed by atoms with Gasteiger partial charge in [0.2, 0.25) is 0 Å². The van der Waals surface area contributed by atoms with Gasteiger partial charge in [-0.05, 0) is 12.8 Å². The normalized spacial score (nSPS) is 23.7. The van der Waals surface area contributed by atoms with Gasteiger partial charge in [0.15, 0.2) is 0 Å². The third-order valence-electron chi connectivity index (χ3n) is 2.98. The van der Waals surface area contributed by atoms with Gasteiger partial charge in [0.05, 0.1) is 12.3 Å². The van der Waals surface area contributed by atoms with E-state index < -0.39 is 25.4 Å². The van der Waals surface area contributed by atoms with Crippen molar-refractivity contribution in [2.45, 2.75) is 31.6 Å². The summed E-state index contributed by atoms with van der Waals surface area (Å²) in [6.45, 7) is 0. The molecule has 8 nitrogen and oxygen atoms in total. The fraction of sp³-hybridized carbons (Fsp3) is 0.600. The summed E-state index contributed by atoms with van der Waals surface area (Å²) < 4.78 is 6.79. The molecule has 0 spiro atoms. The lowest BCUT2D eigenvalue weighted by Crippen LogP contribution is -2.31. The molecule has 2 atom stereocenters. The Kier molecular flexibility index (Phi) is 4.17. The summed E-state index contributed by atoms with van der Waals surface area (Å²) in [6.07, 6.45) is 1.49. The van der Waals surface area contributed by atoms with Crippen molar-refractivity contribution in [3.05, 3.63) is 33.1 Å². The predicted molar refractivity (Wildman–Crippen MR) is 63.1 cm³/mol. The number of ether oxygens (including phenoxy) is 1. The molecule has 2 rings (SSSR count). The zero-order chi connectivity index (χ0) is 14.0. The molecule has 0 amide bonds. The highest BCUT2D eigenvalue weighted by Crippen LogP contribution is 2.37. The van der Waals surface area contributed by atoms with E-state index in [1.165, 1.54) is 16.8 Å². The summed E-state index contributed by atoms with van der Waals surface area (Å²) in [6, 6.07) is 1.22. The van der Waals surface area contributed by atoms with E-state index in [-0.39, 0.29) is 18.7 Å². The van der Waals surface area contributed by atoms with E-state index >= 15 is 0 Å². The summed E-state index contributed by atoms with van der Waals surface area (Å²) >= 11 is 0. The van der Waals surface area contributed by atoms with Crippen LogP contribution < -0.4 is 21.0 Å². The van der Waals surface area contributed by atoms with Gasteiger partial charge >= 0.3 is 5.69 Å². The van der Waals surface area contributed by atoms with Crippen molar-refractivity contribution < 1.29 is 19.4 Å². The van der Waals surface area contributed by atoms with Gasteiger partial charge in [-0.15, -0.1) is 0 Å². The molecule has 2 heterocycles. The zero-order valence-corrected chi connectivity index (χ0v) is 10.9. The van der Waals surface area contributed by atoms with E-state index in [2.05, 4.69) is 4.98 Å². The van der Waals surface area contributed by atoms with Crippen molar-refractivity contribution in [3.8, 4) is 0 Å². The van der Waals surface area contributed by atoms with Crippen LogP contribution in [0.5, 0.6) is 0 Å². The number of hydrogen-bond donors (Lipinski definition) is 2. The average molecular weight is 289 g/mol. The van der Waals surface area contributed by atoms with Crippen LogP contribution in [0.3, 0.4) is 0 Å². The van der Waals surface area contributed by atoms with E-state index in [1.807, 2.05) is 0 Å². The van der Waals surface area contributed by atoms with Crippen LogP contribution in [0.15, 0.2) is 21.9 Å². The second kappa shape index (κ2) is 5.52. The Hall–Kier alpha value is -1.05. The van der Waals surface area contributed by atoms with Crippen molar-refractivity contribution in [1.82, 2.24) is 9.55 Å². The summed E-state index contributed by atoms with van der Waals surface area (Å²) in [4.78, 5) is 54.6. The van der Waals surface area contributed by atoms with Gasteiger partial charge in [-0.1, -0.05) is 0 Å². The lowest BCUT2D eigenvalue weighted by molar-refractivity contribution is -0.331. The Balaban J connectivity index is 1.98. The molecule has 1 fully saturated rings. The fourth-order valence-corrected chi connectivity index (χ4v) is 2.68. The average Bonchev–Trinajstić information content (AvgIpc) is 2.74. The van der Waals surface area contributed by atoms with Crippen molar-refractivity contribution >= 4 is 7.94 Å². The maximum absolute atomic E-state index is 11.5. The van der Waals surface area contributed by atoms with E-state index in [4.69, 9.17) is 9.63 Å². The van der Waals surface area contributed by atoms with Crippen molar-refractivity contribution in [2.75, 3.05) is 6.16 Å². The molecule has 0 aromatic carbocycles.